The minimum absolute atomic E-state index is 0.107. The van der Waals surface area contributed by atoms with Gasteiger partial charge in [0, 0.05) is 0 Å². The van der Waals surface area contributed by atoms with Crippen molar-refractivity contribution in [3.63, 3.8) is 0 Å². The van der Waals surface area contributed by atoms with E-state index in [2.05, 4.69) is 0 Å². The molecule has 1 fully saturated rings. The molecule has 0 unspecified atom stereocenters. The molecule has 0 saturated carbocycles. The fourth-order valence-electron chi connectivity index (χ4n) is 2.05. The van der Waals surface area contributed by atoms with Crippen LogP contribution in [0.15, 0.2) is 16.7 Å². The summed E-state index contributed by atoms with van der Waals surface area (Å²) < 4.78 is 4.86. The number of halogens is 1. The molecule has 0 radical (unpaired) electrons. The molecule has 2 heterocycles. The van der Waals surface area contributed by atoms with Crippen LogP contribution in [0.5, 0.6) is 0 Å². The minimum Gasteiger partial charge on any atom is -0.452 e. The third kappa shape index (κ3) is 1.95. The van der Waals surface area contributed by atoms with Crippen LogP contribution in [0.25, 0.3) is 0 Å². The molecule has 5 heteroatoms. The zero-order valence-corrected chi connectivity index (χ0v) is 9.83. The fourth-order valence-corrected chi connectivity index (χ4v) is 2.24. The van der Waals surface area contributed by atoms with Crippen LogP contribution in [0.2, 0.25) is 5.22 Å². The molecule has 1 aliphatic heterocycles. The van der Waals surface area contributed by atoms with E-state index in [1.165, 1.54) is 6.26 Å². The quantitative estimate of drug-likeness (QED) is 0.883. The molecule has 2 rings (SSSR count). The first kappa shape index (κ1) is 11.5. The van der Waals surface area contributed by atoms with E-state index in [0.717, 1.165) is 12.8 Å². The maximum absolute atomic E-state index is 11.9. The van der Waals surface area contributed by atoms with E-state index in [0.29, 0.717) is 18.7 Å². The molecule has 1 N–H and O–H groups in total. The van der Waals surface area contributed by atoms with Gasteiger partial charge in [-0.2, -0.15) is 0 Å². The molecule has 16 heavy (non-hydrogen) atoms. The number of likely N-dealkylation sites (tertiary alicyclic amines) is 1. The number of nitrogens with zero attached hydrogens (tertiary/aromatic N) is 1. The van der Waals surface area contributed by atoms with Gasteiger partial charge in [-0.1, -0.05) is 13.3 Å². The maximum Gasteiger partial charge on any atom is 0.258 e. The number of hydrogen-bond donors (Lipinski definition) is 1. The van der Waals surface area contributed by atoms with E-state index in [1.807, 2.05) is 6.92 Å². The Balaban J connectivity index is 1.98. The molecule has 0 atom stereocenters. The molecule has 1 aliphatic rings. The first-order valence-electron chi connectivity index (χ1n) is 5.30. The summed E-state index contributed by atoms with van der Waals surface area (Å²) in [6.07, 6.45) is 3.01. The number of carbonyl (C=O) groups is 1. The number of rotatable bonds is 3. The third-order valence-electron chi connectivity index (χ3n) is 2.82. The summed E-state index contributed by atoms with van der Waals surface area (Å²) in [7, 11) is 0. The van der Waals surface area contributed by atoms with Crippen LogP contribution in [0.3, 0.4) is 0 Å². The number of amides is 1. The second-order valence-corrected chi connectivity index (χ2v) is 4.59. The molecular formula is C11H14ClNO3. The second kappa shape index (κ2) is 4.11. The summed E-state index contributed by atoms with van der Waals surface area (Å²) in [5.41, 5.74) is -0.346. The minimum atomic E-state index is -0.708. The number of hydrogen-bond acceptors (Lipinski definition) is 3. The predicted molar refractivity (Wildman–Crippen MR) is 59.5 cm³/mol. The molecule has 1 saturated heterocycles. The van der Waals surface area contributed by atoms with Crippen molar-refractivity contribution >= 4 is 17.5 Å². The van der Waals surface area contributed by atoms with Gasteiger partial charge in [-0.05, 0) is 24.1 Å². The number of furan rings is 1. The number of β-amino-alcohol motifs (C(OH)–C–C–N with tert-alkyl or cyclic N) is 1. The van der Waals surface area contributed by atoms with E-state index in [1.54, 1.807) is 11.0 Å². The molecule has 0 bridgehead atoms. The van der Waals surface area contributed by atoms with Gasteiger partial charge in [0.1, 0.15) is 0 Å². The average molecular weight is 244 g/mol. The lowest BCUT2D eigenvalue weighted by Crippen LogP contribution is -2.63. The van der Waals surface area contributed by atoms with Crippen LogP contribution < -0.4 is 0 Å². The summed E-state index contributed by atoms with van der Waals surface area (Å²) >= 11 is 5.72. The third-order valence-corrected chi connectivity index (χ3v) is 3.11. The SMILES string of the molecule is CCCC1(O)CN(C(=O)c2ccoc2Cl)C1. The maximum atomic E-state index is 11.9. The lowest BCUT2D eigenvalue weighted by molar-refractivity contribution is -0.0860. The summed E-state index contributed by atoms with van der Waals surface area (Å²) in [6.45, 7) is 2.76. The Kier molecular flexibility index (Phi) is 2.95. The average Bonchev–Trinajstić information content (AvgIpc) is 2.60. The van der Waals surface area contributed by atoms with Gasteiger partial charge < -0.3 is 14.4 Å². The lowest BCUT2D eigenvalue weighted by atomic mass is 9.89. The highest BCUT2D eigenvalue weighted by Gasteiger charge is 2.43. The van der Waals surface area contributed by atoms with Gasteiger partial charge in [-0.25, -0.2) is 0 Å². The van der Waals surface area contributed by atoms with E-state index in [4.69, 9.17) is 16.0 Å². The summed E-state index contributed by atoms with van der Waals surface area (Å²) in [5, 5.41) is 10.1. The highest BCUT2D eigenvalue weighted by molar-refractivity contribution is 6.32. The zero-order valence-electron chi connectivity index (χ0n) is 9.07. The molecule has 4 nitrogen and oxygen atoms in total. The smallest absolute Gasteiger partial charge is 0.258 e. The Morgan fingerprint density at radius 3 is 2.88 bits per heavy atom. The molecule has 1 aromatic rings. The van der Waals surface area contributed by atoms with Crippen molar-refractivity contribution in [1.29, 1.82) is 0 Å². The number of aliphatic hydroxyl groups is 1. The fraction of sp³-hybridized carbons (Fsp3) is 0.545. The van der Waals surface area contributed by atoms with Crippen molar-refractivity contribution in [2.45, 2.75) is 25.4 Å². The van der Waals surface area contributed by atoms with Crippen LogP contribution in [-0.2, 0) is 0 Å². The van der Waals surface area contributed by atoms with E-state index < -0.39 is 5.60 Å². The molecular weight excluding hydrogens is 230 g/mol. The van der Waals surface area contributed by atoms with Gasteiger partial charge in [0.2, 0.25) is 5.22 Å². The topological polar surface area (TPSA) is 53.7 Å². The van der Waals surface area contributed by atoms with Crippen molar-refractivity contribution < 1.29 is 14.3 Å². The largest absolute Gasteiger partial charge is 0.452 e. The molecule has 1 aromatic heterocycles. The van der Waals surface area contributed by atoms with Crippen LogP contribution >= 0.6 is 11.6 Å². The molecule has 0 spiro atoms. The molecule has 0 aliphatic carbocycles. The van der Waals surface area contributed by atoms with Crippen molar-refractivity contribution in [3.8, 4) is 0 Å². The Bertz CT molecular complexity index is 396. The Morgan fingerprint density at radius 1 is 1.69 bits per heavy atom. The first-order valence-corrected chi connectivity index (χ1v) is 5.68. The zero-order chi connectivity index (χ0) is 11.8. The van der Waals surface area contributed by atoms with Gasteiger partial charge in [-0.3, -0.25) is 4.79 Å². The summed E-state index contributed by atoms with van der Waals surface area (Å²) in [6, 6.07) is 1.54. The Morgan fingerprint density at radius 2 is 2.38 bits per heavy atom. The Labute approximate surface area is 98.8 Å². The van der Waals surface area contributed by atoms with Crippen LogP contribution in [-0.4, -0.2) is 34.6 Å². The van der Waals surface area contributed by atoms with Crippen molar-refractivity contribution in [2.24, 2.45) is 0 Å². The molecule has 0 aromatic carbocycles. The van der Waals surface area contributed by atoms with Crippen LogP contribution in [0, 0.1) is 0 Å². The van der Waals surface area contributed by atoms with Crippen LogP contribution in [0.4, 0.5) is 0 Å². The second-order valence-electron chi connectivity index (χ2n) is 4.24. The lowest BCUT2D eigenvalue weighted by Gasteiger charge is -2.46. The van der Waals surface area contributed by atoms with Crippen molar-refractivity contribution in [1.82, 2.24) is 4.90 Å². The summed E-state index contributed by atoms with van der Waals surface area (Å²) in [5.74, 6) is -0.181. The van der Waals surface area contributed by atoms with Gasteiger partial charge in [0.15, 0.2) is 0 Å². The van der Waals surface area contributed by atoms with Gasteiger partial charge in [-0.15, -0.1) is 0 Å². The van der Waals surface area contributed by atoms with Gasteiger partial charge in [0.25, 0.3) is 5.91 Å². The highest BCUT2D eigenvalue weighted by Crippen LogP contribution is 2.29. The molecule has 1 amide bonds. The van der Waals surface area contributed by atoms with Crippen molar-refractivity contribution in [2.75, 3.05) is 13.1 Å². The Hall–Kier alpha value is -1.00. The first-order chi connectivity index (χ1) is 7.56. The molecule has 88 valence electrons. The van der Waals surface area contributed by atoms with E-state index >= 15 is 0 Å². The van der Waals surface area contributed by atoms with E-state index in [9.17, 15) is 9.90 Å². The van der Waals surface area contributed by atoms with Crippen molar-refractivity contribution in [3.05, 3.63) is 23.1 Å². The van der Waals surface area contributed by atoms with Gasteiger partial charge >= 0.3 is 0 Å². The predicted octanol–water partition coefficient (Wildman–Crippen LogP) is 1.92. The van der Waals surface area contributed by atoms with Crippen LogP contribution in [0.1, 0.15) is 30.1 Å². The normalized spacial score (nSPS) is 18.3. The van der Waals surface area contributed by atoms with Gasteiger partial charge in [0.05, 0.1) is 30.5 Å². The standard InChI is InChI=1S/C11H14ClNO3/c1-2-4-11(15)6-13(7-11)10(14)8-3-5-16-9(8)12/h3,5,15H,2,4,6-7H2,1H3. The monoisotopic (exact) mass is 243 g/mol. The highest BCUT2D eigenvalue weighted by atomic mass is 35.5. The van der Waals surface area contributed by atoms with E-state index in [-0.39, 0.29) is 11.1 Å². The summed E-state index contributed by atoms with van der Waals surface area (Å²) in [4.78, 5) is 13.4. The number of carbonyl (C=O) groups excluding carboxylic acids is 1.